The molecule has 0 unspecified atom stereocenters. The van der Waals surface area contributed by atoms with E-state index in [1.807, 2.05) is 6.92 Å². The highest BCUT2D eigenvalue weighted by Gasteiger charge is 1.71. The van der Waals surface area contributed by atoms with Crippen molar-refractivity contribution in [3.8, 4) is 0 Å². The summed E-state index contributed by atoms with van der Waals surface area (Å²) in [5.41, 5.74) is 0. The summed E-state index contributed by atoms with van der Waals surface area (Å²) in [5, 5.41) is 8.13. The lowest BCUT2D eigenvalue weighted by molar-refractivity contribution is 0.166. The van der Waals surface area contributed by atoms with Crippen LogP contribution in [0.4, 0.5) is 0 Å². The Labute approximate surface area is 43.4 Å². The molecule has 1 N–H and O–H groups in total. The molecule has 0 aliphatic heterocycles. The van der Waals surface area contributed by atoms with Gasteiger partial charge < -0.3 is 9.84 Å². The summed E-state index contributed by atoms with van der Waals surface area (Å²) in [4.78, 5) is 0. The molecule has 0 aromatic rings. The quantitative estimate of drug-likeness (QED) is 0.416. The van der Waals surface area contributed by atoms with Gasteiger partial charge in [-0.25, -0.2) is 0 Å². The Balaban J connectivity index is 2.69. The molecule has 7 heavy (non-hydrogen) atoms. The van der Waals surface area contributed by atoms with E-state index in [1.165, 1.54) is 0 Å². The predicted octanol–water partition coefficient (Wildman–Crippen LogP) is 0.529. The molecule has 0 saturated carbocycles. The smallest absolute Gasteiger partial charge is 0.110 e. The molecule has 0 aromatic carbocycles. The van der Waals surface area contributed by atoms with E-state index in [2.05, 4.69) is 0 Å². The minimum absolute atomic E-state index is 0.0876. The second-order valence-corrected chi connectivity index (χ2v) is 1.06. The van der Waals surface area contributed by atoms with E-state index < -0.39 is 0 Å². The Kier molecular flexibility index (Phi) is 5.11. The zero-order chi connectivity index (χ0) is 5.54. The van der Waals surface area contributed by atoms with E-state index in [4.69, 9.17) is 9.84 Å². The molecule has 0 rings (SSSR count). The number of aliphatic hydroxyl groups excluding tert-OH is 1. The van der Waals surface area contributed by atoms with Crippen molar-refractivity contribution in [3.05, 3.63) is 12.3 Å². The zero-order valence-electron chi connectivity index (χ0n) is 4.42. The maximum Gasteiger partial charge on any atom is 0.110 e. The second kappa shape index (κ2) is 5.50. The number of allylic oxidation sites excluding steroid dienone is 1. The molecule has 0 fully saturated rings. The third-order valence-corrected chi connectivity index (χ3v) is 0.441. The lowest BCUT2D eigenvalue weighted by Gasteiger charge is -1.91. The number of ether oxygens (including phenoxy) is 1. The highest BCUT2D eigenvalue weighted by Crippen LogP contribution is 1.72. The first-order valence-corrected chi connectivity index (χ1v) is 2.25. The molecular formula is C5H10O2. The first kappa shape index (κ1) is 6.50. The first-order chi connectivity index (χ1) is 3.41. The highest BCUT2D eigenvalue weighted by molar-refractivity contribution is 4.64. The monoisotopic (exact) mass is 102 g/mol. The fourth-order valence-electron chi connectivity index (χ4n) is 0.217. The summed E-state index contributed by atoms with van der Waals surface area (Å²) in [6, 6.07) is 0. The van der Waals surface area contributed by atoms with E-state index >= 15 is 0 Å². The van der Waals surface area contributed by atoms with Crippen LogP contribution in [0.25, 0.3) is 0 Å². The van der Waals surface area contributed by atoms with Crippen LogP contribution in [0.1, 0.15) is 6.92 Å². The van der Waals surface area contributed by atoms with E-state index in [-0.39, 0.29) is 6.61 Å². The van der Waals surface area contributed by atoms with Gasteiger partial charge in [0.25, 0.3) is 0 Å². The maximum atomic E-state index is 8.13. The molecule has 2 nitrogen and oxygen atoms in total. The van der Waals surface area contributed by atoms with Crippen LogP contribution in [0.3, 0.4) is 0 Å². The van der Waals surface area contributed by atoms with E-state index in [9.17, 15) is 0 Å². The zero-order valence-corrected chi connectivity index (χ0v) is 4.42. The van der Waals surface area contributed by atoms with Gasteiger partial charge in [-0.1, -0.05) is 6.08 Å². The third-order valence-electron chi connectivity index (χ3n) is 0.441. The molecule has 0 amide bonds. The Morgan fingerprint density at radius 2 is 2.43 bits per heavy atom. The van der Waals surface area contributed by atoms with E-state index in [0.29, 0.717) is 6.61 Å². The van der Waals surface area contributed by atoms with Gasteiger partial charge in [0.2, 0.25) is 0 Å². The summed E-state index contributed by atoms with van der Waals surface area (Å²) < 4.78 is 4.70. The summed E-state index contributed by atoms with van der Waals surface area (Å²) in [6.07, 6.45) is 3.33. The SMILES string of the molecule is C/C=C/OCCO. The number of rotatable bonds is 3. The van der Waals surface area contributed by atoms with Gasteiger partial charge in [-0.3, -0.25) is 0 Å². The van der Waals surface area contributed by atoms with Gasteiger partial charge in [-0.05, 0) is 6.92 Å². The first-order valence-electron chi connectivity index (χ1n) is 2.25. The van der Waals surface area contributed by atoms with Crippen molar-refractivity contribution in [3.63, 3.8) is 0 Å². The molecule has 0 saturated heterocycles. The molecule has 0 bridgehead atoms. The molecule has 0 atom stereocenters. The van der Waals surface area contributed by atoms with Gasteiger partial charge in [-0.15, -0.1) is 0 Å². The van der Waals surface area contributed by atoms with Crippen LogP contribution in [0, 0.1) is 0 Å². The average molecular weight is 102 g/mol. The summed E-state index contributed by atoms with van der Waals surface area (Å²) in [6.45, 7) is 2.34. The van der Waals surface area contributed by atoms with Crippen molar-refractivity contribution < 1.29 is 9.84 Å². The Hall–Kier alpha value is -0.500. The summed E-state index contributed by atoms with van der Waals surface area (Å²) in [5.74, 6) is 0. The normalized spacial score (nSPS) is 10.0. The minimum atomic E-state index is 0.0876. The van der Waals surface area contributed by atoms with Crippen molar-refractivity contribution in [2.75, 3.05) is 13.2 Å². The van der Waals surface area contributed by atoms with Crippen LogP contribution < -0.4 is 0 Å². The number of aliphatic hydroxyl groups is 1. The Morgan fingerprint density at radius 1 is 1.71 bits per heavy atom. The average Bonchev–Trinajstić information content (AvgIpc) is 1.69. The van der Waals surface area contributed by atoms with Crippen molar-refractivity contribution in [1.29, 1.82) is 0 Å². The van der Waals surface area contributed by atoms with Gasteiger partial charge in [0.1, 0.15) is 6.61 Å². The molecule has 2 heteroatoms. The van der Waals surface area contributed by atoms with Gasteiger partial charge in [0.15, 0.2) is 0 Å². The van der Waals surface area contributed by atoms with Crippen LogP contribution in [-0.4, -0.2) is 18.3 Å². The Bertz CT molecular complexity index is 50.0. The molecule has 0 aromatic heterocycles. The number of hydrogen-bond acceptors (Lipinski definition) is 2. The van der Waals surface area contributed by atoms with Crippen molar-refractivity contribution in [2.45, 2.75) is 6.92 Å². The molecule has 0 aliphatic rings. The summed E-state index contributed by atoms with van der Waals surface area (Å²) in [7, 11) is 0. The van der Waals surface area contributed by atoms with Crippen molar-refractivity contribution >= 4 is 0 Å². The summed E-state index contributed by atoms with van der Waals surface area (Å²) >= 11 is 0. The van der Waals surface area contributed by atoms with Crippen LogP contribution in [0.2, 0.25) is 0 Å². The molecule has 0 radical (unpaired) electrons. The standard InChI is InChI=1S/C5H10O2/c1-2-4-7-5-3-6/h2,4,6H,3,5H2,1H3/b4-2+. The molecule has 0 spiro atoms. The topological polar surface area (TPSA) is 29.5 Å². The van der Waals surface area contributed by atoms with Crippen molar-refractivity contribution in [2.24, 2.45) is 0 Å². The Morgan fingerprint density at radius 3 is 2.86 bits per heavy atom. The second-order valence-electron chi connectivity index (χ2n) is 1.06. The minimum Gasteiger partial charge on any atom is -0.499 e. The molecule has 42 valence electrons. The van der Waals surface area contributed by atoms with Crippen LogP contribution in [0.15, 0.2) is 12.3 Å². The van der Waals surface area contributed by atoms with E-state index in [1.54, 1.807) is 12.3 Å². The maximum absolute atomic E-state index is 8.13. The van der Waals surface area contributed by atoms with Gasteiger partial charge >= 0.3 is 0 Å². The van der Waals surface area contributed by atoms with Crippen molar-refractivity contribution in [1.82, 2.24) is 0 Å². The lowest BCUT2D eigenvalue weighted by atomic mass is 10.7. The molecular weight excluding hydrogens is 92.1 g/mol. The molecule has 0 aliphatic carbocycles. The fourth-order valence-corrected chi connectivity index (χ4v) is 0.217. The largest absolute Gasteiger partial charge is 0.499 e. The van der Waals surface area contributed by atoms with Gasteiger partial charge in [-0.2, -0.15) is 0 Å². The van der Waals surface area contributed by atoms with Crippen LogP contribution >= 0.6 is 0 Å². The van der Waals surface area contributed by atoms with Crippen LogP contribution in [-0.2, 0) is 4.74 Å². The van der Waals surface area contributed by atoms with Crippen LogP contribution in [0.5, 0.6) is 0 Å². The molecule has 0 heterocycles. The van der Waals surface area contributed by atoms with Gasteiger partial charge in [0, 0.05) is 0 Å². The highest BCUT2D eigenvalue weighted by atomic mass is 16.5. The fraction of sp³-hybridized carbons (Fsp3) is 0.600. The van der Waals surface area contributed by atoms with Gasteiger partial charge in [0.05, 0.1) is 12.9 Å². The lowest BCUT2D eigenvalue weighted by Crippen LogP contribution is -1.91. The number of hydrogen-bond donors (Lipinski definition) is 1. The third kappa shape index (κ3) is 5.50. The predicted molar refractivity (Wildman–Crippen MR) is 27.9 cm³/mol. The van der Waals surface area contributed by atoms with E-state index in [0.717, 1.165) is 0 Å².